The van der Waals surface area contributed by atoms with Crippen LogP contribution in [-0.2, 0) is 16.1 Å². The van der Waals surface area contributed by atoms with Crippen LogP contribution in [0, 0.1) is 0 Å². The Morgan fingerprint density at radius 1 is 0.892 bits per heavy atom. The van der Waals surface area contributed by atoms with Crippen LogP contribution in [0.15, 0.2) is 96.6 Å². The molecule has 0 spiro atoms. The number of hydrogen-bond donors (Lipinski definition) is 1. The van der Waals surface area contributed by atoms with E-state index in [9.17, 15) is 14.7 Å². The molecule has 4 aromatic rings. The fourth-order valence-electron chi connectivity index (χ4n) is 4.96. The summed E-state index contributed by atoms with van der Waals surface area (Å²) in [5, 5.41) is 13.4. The van der Waals surface area contributed by atoms with Gasteiger partial charge in [0.1, 0.15) is 11.5 Å². The number of benzene rings is 4. The van der Waals surface area contributed by atoms with Crippen molar-refractivity contribution < 1.29 is 19.4 Å². The van der Waals surface area contributed by atoms with Gasteiger partial charge in [0.05, 0.1) is 18.7 Å². The molecule has 37 heavy (non-hydrogen) atoms. The molecule has 1 aliphatic heterocycles. The highest BCUT2D eigenvalue weighted by molar-refractivity contribution is 6.46. The average molecular weight is 492 g/mol. The molecule has 1 atom stereocenters. The lowest BCUT2D eigenvalue weighted by molar-refractivity contribution is -0.140. The number of Topliss-reactive ketones (excluding diaryl/α,β-unsaturated/α-hetero) is 1. The van der Waals surface area contributed by atoms with Gasteiger partial charge in [-0.15, -0.1) is 0 Å². The lowest BCUT2D eigenvalue weighted by Crippen LogP contribution is -2.29. The maximum atomic E-state index is 13.5. The van der Waals surface area contributed by atoms with Crippen LogP contribution in [0.2, 0.25) is 0 Å². The lowest BCUT2D eigenvalue weighted by atomic mass is 9.92. The van der Waals surface area contributed by atoms with Gasteiger partial charge in [-0.2, -0.15) is 0 Å². The van der Waals surface area contributed by atoms with Gasteiger partial charge in [0, 0.05) is 12.1 Å². The minimum atomic E-state index is -0.720. The molecule has 1 unspecified atom stereocenters. The largest absolute Gasteiger partial charge is 0.507 e. The standard InChI is InChI=1S/C32H29NO4/c1-20(2)22-13-15-24(16-14-22)29-28(30(34)27-10-6-8-23-7-4-5-9-26(23)27)31(35)32(36)33(29)19-21-11-17-25(37-3)18-12-21/h4-18,20,29,34H,19H2,1-3H3/b30-28-. The number of carbonyl (C=O) groups is 2. The van der Waals surface area contributed by atoms with Gasteiger partial charge in [-0.3, -0.25) is 9.59 Å². The SMILES string of the molecule is COc1ccc(CN2C(=O)C(=O)/C(=C(\O)c3cccc4ccccc34)C2c2ccc(C(C)C)cc2)cc1. The molecule has 0 aromatic heterocycles. The van der Waals surface area contributed by atoms with Crippen molar-refractivity contribution in [2.75, 3.05) is 7.11 Å². The first-order chi connectivity index (χ1) is 17.9. The first-order valence-electron chi connectivity index (χ1n) is 12.4. The Bertz CT molecular complexity index is 1500. The van der Waals surface area contributed by atoms with Gasteiger partial charge in [-0.1, -0.05) is 92.7 Å². The molecule has 0 bridgehead atoms. The Balaban J connectivity index is 1.66. The van der Waals surface area contributed by atoms with E-state index in [1.54, 1.807) is 18.1 Å². The van der Waals surface area contributed by atoms with Crippen molar-refractivity contribution in [1.82, 2.24) is 4.90 Å². The fourth-order valence-corrected chi connectivity index (χ4v) is 4.96. The maximum absolute atomic E-state index is 13.5. The number of nitrogens with zero attached hydrogens (tertiary/aromatic N) is 1. The smallest absolute Gasteiger partial charge is 0.295 e. The van der Waals surface area contributed by atoms with Crippen molar-refractivity contribution in [3.8, 4) is 5.75 Å². The summed E-state index contributed by atoms with van der Waals surface area (Å²) in [6, 6.07) is 27.9. The topological polar surface area (TPSA) is 66.8 Å². The predicted molar refractivity (Wildman–Crippen MR) is 145 cm³/mol. The number of hydrogen-bond acceptors (Lipinski definition) is 4. The molecule has 4 aromatic carbocycles. The zero-order valence-corrected chi connectivity index (χ0v) is 21.1. The number of rotatable bonds is 6. The second kappa shape index (κ2) is 9.94. The van der Waals surface area contributed by atoms with Gasteiger partial charge in [-0.05, 0) is 45.5 Å². The molecule has 1 saturated heterocycles. The van der Waals surface area contributed by atoms with E-state index in [2.05, 4.69) is 13.8 Å². The molecular formula is C32H29NO4. The summed E-state index contributed by atoms with van der Waals surface area (Å²) >= 11 is 0. The maximum Gasteiger partial charge on any atom is 0.295 e. The monoisotopic (exact) mass is 491 g/mol. The second-order valence-electron chi connectivity index (χ2n) is 9.62. The number of ketones is 1. The lowest BCUT2D eigenvalue weighted by Gasteiger charge is -2.26. The van der Waals surface area contributed by atoms with Crippen molar-refractivity contribution in [3.63, 3.8) is 0 Å². The summed E-state index contributed by atoms with van der Waals surface area (Å²) < 4.78 is 5.26. The first-order valence-corrected chi connectivity index (χ1v) is 12.4. The molecule has 0 radical (unpaired) electrons. The Labute approximate surface area is 216 Å². The van der Waals surface area contributed by atoms with Crippen molar-refractivity contribution in [1.29, 1.82) is 0 Å². The van der Waals surface area contributed by atoms with E-state index in [1.165, 1.54) is 0 Å². The van der Waals surface area contributed by atoms with Crippen LogP contribution in [0.3, 0.4) is 0 Å². The van der Waals surface area contributed by atoms with E-state index in [-0.39, 0.29) is 17.9 Å². The molecule has 0 aliphatic carbocycles. The minimum Gasteiger partial charge on any atom is -0.507 e. The molecule has 5 nitrogen and oxygen atoms in total. The molecule has 1 heterocycles. The highest BCUT2D eigenvalue weighted by atomic mass is 16.5. The molecule has 186 valence electrons. The normalized spacial score (nSPS) is 17.1. The van der Waals surface area contributed by atoms with Crippen LogP contribution in [0.5, 0.6) is 5.75 Å². The molecule has 0 saturated carbocycles. The molecule has 1 amide bonds. The Morgan fingerprint density at radius 3 is 2.24 bits per heavy atom. The molecule has 5 heteroatoms. The Kier molecular flexibility index (Phi) is 6.53. The highest BCUT2D eigenvalue weighted by Crippen LogP contribution is 2.41. The van der Waals surface area contributed by atoms with E-state index >= 15 is 0 Å². The summed E-state index contributed by atoms with van der Waals surface area (Å²) in [6.45, 7) is 4.45. The third-order valence-electron chi connectivity index (χ3n) is 7.02. The van der Waals surface area contributed by atoms with Gasteiger partial charge in [0.2, 0.25) is 0 Å². The van der Waals surface area contributed by atoms with Gasteiger partial charge in [0.15, 0.2) is 0 Å². The Hall–Kier alpha value is -4.38. The van der Waals surface area contributed by atoms with Gasteiger partial charge >= 0.3 is 0 Å². The van der Waals surface area contributed by atoms with Gasteiger partial charge in [0.25, 0.3) is 11.7 Å². The van der Waals surface area contributed by atoms with E-state index in [0.29, 0.717) is 17.2 Å². The third-order valence-corrected chi connectivity index (χ3v) is 7.02. The third kappa shape index (κ3) is 4.49. The number of carbonyl (C=O) groups excluding carboxylic acids is 2. The number of likely N-dealkylation sites (tertiary alicyclic amines) is 1. The predicted octanol–water partition coefficient (Wildman–Crippen LogP) is 6.59. The van der Waals surface area contributed by atoms with Gasteiger partial charge < -0.3 is 14.7 Å². The van der Waals surface area contributed by atoms with Crippen LogP contribution >= 0.6 is 0 Å². The van der Waals surface area contributed by atoms with Crippen molar-refractivity contribution in [3.05, 3.63) is 119 Å². The number of amides is 1. The fraction of sp³-hybridized carbons (Fsp3) is 0.188. The summed E-state index contributed by atoms with van der Waals surface area (Å²) in [5.41, 5.74) is 3.43. The number of methoxy groups -OCH3 is 1. The van der Waals surface area contributed by atoms with Crippen molar-refractivity contribution in [2.45, 2.75) is 32.4 Å². The van der Waals surface area contributed by atoms with E-state index < -0.39 is 17.7 Å². The van der Waals surface area contributed by atoms with E-state index in [0.717, 1.165) is 27.5 Å². The summed E-state index contributed by atoms with van der Waals surface area (Å²) in [5.74, 6) is -0.421. The highest BCUT2D eigenvalue weighted by Gasteiger charge is 2.46. The minimum absolute atomic E-state index is 0.104. The second-order valence-corrected chi connectivity index (χ2v) is 9.62. The van der Waals surface area contributed by atoms with Crippen LogP contribution < -0.4 is 4.74 Å². The molecular weight excluding hydrogens is 462 g/mol. The van der Waals surface area contributed by atoms with E-state index in [1.807, 2.05) is 84.9 Å². The van der Waals surface area contributed by atoms with E-state index in [4.69, 9.17) is 4.74 Å². The Morgan fingerprint density at radius 2 is 1.57 bits per heavy atom. The van der Waals surface area contributed by atoms with Crippen molar-refractivity contribution in [2.24, 2.45) is 0 Å². The van der Waals surface area contributed by atoms with Crippen molar-refractivity contribution >= 4 is 28.2 Å². The zero-order valence-electron chi connectivity index (χ0n) is 21.1. The van der Waals surface area contributed by atoms with Crippen LogP contribution in [0.1, 0.15) is 48.1 Å². The molecule has 1 fully saturated rings. The first kappa shape index (κ1) is 24.3. The summed E-state index contributed by atoms with van der Waals surface area (Å²) in [6.07, 6.45) is 0. The molecule has 1 N–H and O–H groups in total. The number of ether oxygens (including phenoxy) is 1. The molecule has 5 rings (SSSR count). The van der Waals surface area contributed by atoms with Crippen LogP contribution in [0.4, 0.5) is 0 Å². The van der Waals surface area contributed by atoms with Gasteiger partial charge in [-0.25, -0.2) is 0 Å². The summed E-state index contributed by atoms with van der Waals surface area (Å²) in [7, 11) is 1.60. The van der Waals surface area contributed by atoms with Crippen LogP contribution in [-0.4, -0.2) is 28.8 Å². The van der Waals surface area contributed by atoms with Crippen LogP contribution in [0.25, 0.3) is 16.5 Å². The summed E-state index contributed by atoms with van der Waals surface area (Å²) in [4.78, 5) is 28.4. The average Bonchev–Trinajstić information content (AvgIpc) is 3.17. The number of aliphatic hydroxyl groups excluding tert-OH is 1. The number of fused-ring (bicyclic) bond motifs is 1. The quantitative estimate of drug-likeness (QED) is 0.188. The molecule has 1 aliphatic rings. The number of aliphatic hydroxyl groups is 1. The zero-order chi connectivity index (χ0) is 26.1.